The third-order valence-electron chi connectivity index (χ3n) is 3.17. The summed E-state index contributed by atoms with van der Waals surface area (Å²) in [4.78, 5) is 26.7. The zero-order valence-corrected chi connectivity index (χ0v) is 13.6. The van der Waals surface area contributed by atoms with Crippen molar-refractivity contribution in [2.75, 3.05) is 5.75 Å². The number of carbonyl (C=O) groups excluding carboxylic acids is 1. The molecule has 1 unspecified atom stereocenters. The van der Waals surface area contributed by atoms with Crippen LogP contribution in [0.1, 0.15) is 39.3 Å². The Hall–Kier alpha value is -1.50. The molecule has 6 nitrogen and oxygen atoms in total. The number of aliphatic carboxylic acids is 1. The Morgan fingerprint density at radius 1 is 1.48 bits per heavy atom. The maximum Gasteiger partial charge on any atom is 0.313 e. The molecule has 1 rings (SSSR count). The average Bonchev–Trinajstić information content (AvgIpc) is 2.84. The number of thioether (sulfide) groups is 1. The second-order valence-electron chi connectivity index (χ2n) is 4.85. The summed E-state index contributed by atoms with van der Waals surface area (Å²) in [6.07, 6.45) is 3.81. The monoisotopic (exact) mass is 313 g/mol. The second kappa shape index (κ2) is 8.71. The number of hydrogen-bond acceptors (Lipinski definition) is 4. The van der Waals surface area contributed by atoms with Gasteiger partial charge in [-0.1, -0.05) is 25.6 Å². The van der Waals surface area contributed by atoms with Gasteiger partial charge >= 0.3 is 5.97 Å². The van der Waals surface area contributed by atoms with Crippen molar-refractivity contribution in [3.05, 3.63) is 11.9 Å². The van der Waals surface area contributed by atoms with Crippen molar-refractivity contribution in [1.29, 1.82) is 0 Å². The lowest BCUT2D eigenvalue weighted by molar-refractivity contribution is -0.134. The lowest BCUT2D eigenvalue weighted by Gasteiger charge is -2.13. The van der Waals surface area contributed by atoms with Crippen LogP contribution in [0.2, 0.25) is 0 Å². The third kappa shape index (κ3) is 5.79. The first-order chi connectivity index (χ1) is 9.97. The summed E-state index contributed by atoms with van der Waals surface area (Å²) >= 11 is 1.18. The van der Waals surface area contributed by atoms with Crippen LogP contribution < -0.4 is 5.32 Å². The molecule has 0 saturated carbocycles. The van der Waals surface area contributed by atoms with Crippen molar-refractivity contribution >= 4 is 23.6 Å². The highest BCUT2D eigenvalue weighted by Gasteiger charge is 2.13. The fourth-order valence-corrected chi connectivity index (χ4v) is 2.56. The van der Waals surface area contributed by atoms with Crippen LogP contribution in [-0.4, -0.2) is 38.3 Å². The van der Waals surface area contributed by atoms with Gasteiger partial charge in [0.25, 0.3) is 0 Å². The Morgan fingerprint density at radius 3 is 2.76 bits per heavy atom. The van der Waals surface area contributed by atoms with Crippen LogP contribution >= 0.6 is 11.8 Å². The number of aromatic nitrogens is 2. The number of amides is 1. The van der Waals surface area contributed by atoms with Crippen LogP contribution in [0, 0.1) is 0 Å². The highest BCUT2D eigenvalue weighted by molar-refractivity contribution is 7.99. The van der Waals surface area contributed by atoms with Crippen LogP contribution in [0.4, 0.5) is 0 Å². The Kier molecular flexibility index (Phi) is 7.28. The number of carboxylic acids is 1. The van der Waals surface area contributed by atoms with E-state index in [1.807, 2.05) is 25.3 Å². The van der Waals surface area contributed by atoms with Gasteiger partial charge in [0.05, 0.1) is 5.75 Å². The van der Waals surface area contributed by atoms with Crippen molar-refractivity contribution in [2.24, 2.45) is 0 Å². The van der Waals surface area contributed by atoms with E-state index in [-0.39, 0.29) is 17.7 Å². The van der Waals surface area contributed by atoms with Gasteiger partial charge in [-0.25, -0.2) is 4.98 Å². The molecule has 1 heterocycles. The molecule has 1 aromatic rings. The first-order valence-electron chi connectivity index (χ1n) is 7.16. The molecule has 0 aliphatic rings. The first kappa shape index (κ1) is 17.6. The largest absolute Gasteiger partial charge is 0.481 e. The number of aryl methyl sites for hydroxylation is 1. The quantitative estimate of drug-likeness (QED) is 0.681. The van der Waals surface area contributed by atoms with E-state index in [0.29, 0.717) is 18.1 Å². The van der Waals surface area contributed by atoms with Crippen LogP contribution in [0.5, 0.6) is 0 Å². The maximum absolute atomic E-state index is 11.8. The van der Waals surface area contributed by atoms with Crippen molar-refractivity contribution in [3.63, 3.8) is 0 Å². The topological polar surface area (TPSA) is 84.2 Å². The van der Waals surface area contributed by atoms with Crippen LogP contribution in [0.3, 0.4) is 0 Å². The van der Waals surface area contributed by atoms with Gasteiger partial charge in [0.15, 0.2) is 5.16 Å². The standard InChI is InChI=1S/C14H23N3O3S/c1-4-10(3)16-12(18)6-7-17-11(5-2)8-15-14(17)21-9-13(19)20/h8,10H,4-7,9H2,1-3H3,(H,16,18)(H,19,20). The zero-order valence-electron chi connectivity index (χ0n) is 12.8. The summed E-state index contributed by atoms with van der Waals surface area (Å²) < 4.78 is 1.93. The van der Waals surface area contributed by atoms with Crippen molar-refractivity contribution in [3.8, 4) is 0 Å². The molecule has 118 valence electrons. The van der Waals surface area contributed by atoms with Gasteiger partial charge in [-0.3, -0.25) is 9.59 Å². The van der Waals surface area contributed by atoms with E-state index in [1.54, 1.807) is 6.20 Å². The Bertz CT molecular complexity index is 488. The van der Waals surface area contributed by atoms with Crippen molar-refractivity contribution in [1.82, 2.24) is 14.9 Å². The summed E-state index contributed by atoms with van der Waals surface area (Å²) in [5.41, 5.74) is 1.01. The van der Waals surface area contributed by atoms with Gasteiger partial charge in [-0.15, -0.1) is 0 Å². The van der Waals surface area contributed by atoms with E-state index in [0.717, 1.165) is 18.5 Å². The molecule has 0 aliphatic carbocycles. The predicted molar refractivity (Wildman–Crippen MR) is 82.5 cm³/mol. The minimum Gasteiger partial charge on any atom is -0.481 e. The van der Waals surface area contributed by atoms with Gasteiger partial charge in [-0.2, -0.15) is 0 Å². The van der Waals surface area contributed by atoms with Gasteiger partial charge in [0.2, 0.25) is 5.91 Å². The Labute approximate surface area is 129 Å². The summed E-state index contributed by atoms with van der Waals surface area (Å²) in [5.74, 6) is -0.893. The van der Waals surface area contributed by atoms with Gasteiger partial charge in [0, 0.05) is 30.9 Å². The zero-order chi connectivity index (χ0) is 15.8. The molecule has 21 heavy (non-hydrogen) atoms. The van der Waals surface area contributed by atoms with E-state index >= 15 is 0 Å². The Balaban J connectivity index is 2.65. The van der Waals surface area contributed by atoms with Gasteiger partial charge in [0.1, 0.15) is 0 Å². The summed E-state index contributed by atoms with van der Waals surface area (Å²) in [7, 11) is 0. The normalized spacial score (nSPS) is 12.1. The minimum atomic E-state index is -0.873. The highest BCUT2D eigenvalue weighted by Crippen LogP contribution is 2.19. The maximum atomic E-state index is 11.8. The highest BCUT2D eigenvalue weighted by atomic mass is 32.2. The molecule has 0 spiro atoms. The van der Waals surface area contributed by atoms with Crippen LogP contribution in [-0.2, 0) is 22.6 Å². The molecule has 0 radical (unpaired) electrons. The predicted octanol–water partition coefficient (Wildman–Crippen LogP) is 1.93. The van der Waals surface area contributed by atoms with Crippen LogP contribution in [0.15, 0.2) is 11.4 Å². The molecule has 0 saturated heterocycles. The Morgan fingerprint density at radius 2 is 2.19 bits per heavy atom. The third-order valence-corrected chi connectivity index (χ3v) is 4.15. The number of carboxylic acid groups (broad SMARTS) is 1. The summed E-state index contributed by atoms with van der Waals surface area (Å²) in [6, 6.07) is 0.173. The molecule has 1 aromatic heterocycles. The van der Waals surface area contributed by atoms with Gasteiger partial charge in [-0.05, 0) is 19.8 Å². The first-order valence-corrected chi connectivity index (χ1v) is 8.14. The molecule has 2 N–H and O–H groups in total. The molecule has 7 heteroatoms. The van der Waals surface area contributed by atoms with Crippen molar-refractivity contribution < 1.29 is 14.7 Å². The van der Waals surface area contributed by atoms with E-state index in [4.69, 9.17) is 5.11 Å². The summed E-state index contributed by atoms with van der Waals surface area (Å²) in [5, 5.41) is 12.3. The number of nitrogens with zero attached hydrogens (tertiary/aromatic N) is 2. The molecular formula is C14H23N3O3S. The number of hydrogen-bond donors (Lipinski definition) is 2. The fraction of sp³-hybridized carbons (Fsp3) is 0.643. The molecule has 1 atom stereocenters. The number of nitrogens with one attached hydrogen (secondary N) is 1. The SMILES string of the molecule is CCc1cnc(SCC(=O)O)n1CCC(=O)NC(C)CC. The molecule has 0 aliphatic heterocycles. The summed E-state index contributed by atoms with van der Waals surface area (Å²) in [6.45, 7) is 6.53. The molecule has 1 amide bonds. The van der Waals surface area contributed by atoms with E-state index < -0.39 is 5.97 Å². The molecular weight excluding hydrogens is 290 g/mol. The molecule has 0 bridgehead atoms. The second-order valence-corrected chi connectivity index (χ2v) is 5.79. The molecule has 0 aromatic carbocycles. The van der Waals surface area contributed by atoms with Gasteiger partial charge < -0.3 is 15.0 Å². The number of carbonyl (C=O) groups is 2. The number of imidazole rings is 1. The lowest BCUT2D eigenvalue weighted by atomic mass is 10.2. The van der Waals surface area contributed by atoms with E-state index in [1.165, 1.54) is 11.8 Å². The van der Waals surface area contributed by atoms with Crippen LogP contribution in [0.25, 0.3) is 0 Å². The van der Waals surface area contributed by atoms with E-state index in [2.05, 4.69) is 10.3 Å². The minimum absolute atomic E-state index is 0.00860. The smallest absolute Gasteiger partial charge is 0.313 e. The number of rotatable bonds is 9. The lowest BCUT2D eigenvalue weighted by Crippen LogP contribution is -2.32. The van der Waals surface area contributed by atoms with E-state index in [9.17, 15) is 9.59 Å². The van der Waals surface area contributed by atoms with Crippen molar-refractivity contribution in [2.45, 2.75) is 57.8 Å². The molecule has 0 fully saturated rings. The fourth-order valence-electron chi connectivity index (χ4n) is 1.82. The average molecular weight is 313 g/mol.